The number of carbonyl (C=O) groups is 1. The smallest absolute Gasteiger partial charge is 0.319 e. The number of rotatable bonds is 6. The van der Waals surface area contributed by atoms with Crippen LogP contribution in [0.1, 0.15) is 46.1 Å². The van der Waals surface area contributed by atoms with Gasteiger partial charge in [0, 0.05) is 11.0 Å². The number of hydrogen-bond donors (Lipinski definition) is 3. The van der Waals surface area contributed by atoms with Crippen LogP contribution < -0.4 is 20.3 Å². The lowest BCUT2D eigenvalue weighted by Crippen LogP contribution is -2.63. The number of ether oxygens (including phenoxy) is 1. The molecule has 3 heterocycles. The van der Waals surface area contributed by atoms with Crippen LogP contribution in [0, 0.1) is 17.7 Å². The molecule has 5 rings (SSSR count). The van der Waals surface area contributed by atoms with E-state index in [-0.39, 0.29) is 29.9 Å². The fraction of sp³-hybridized carbons (Fsp3) is 0.560. The predicted octanol–water partition coefficient (Wildman–Crippen LogP) is 3.46. The molecule has 2 amide bonds. The summed E-state index contributed by atoms with van der Waals surface area (Å²) in [7, 11) is 0. The van der Waals surface area contributed by atoms with E-state index >= 15 is 0 Å². The van der Waals surface area contributed by atoms with Gasteiger partial charge >= 0.3 is 6.03 Å². The SMILES string of the molecule is CC(C)[C@H](NC(=O)Nc1cnc(N2CC(O)(C3CC3)C2)nc1)C1Oc2ccc(F)cc2C1(C)C. The molecule has 0 spiro atoms. The van der Waals surface area contributed by atoms with Crippen molar-refractivity contribution in [3.63, 3.8) is 0 Å². The average Bonchev–Trinajstić information content (AvgIpc) is 3.57. The van der Waals surface area contributed by atoms with E-state index in [1.807, 2.05) is 32.6 Å². The summed E-state index contributed by atoms with van der Waals surface area (Å²) in [5.41, 5.74) is 0.185. The van der Waals surface area contributed by atoms with E-state index < -0.39 is 11.0 Å². The second kappa shape index (κ2) is 8.08. The number of fused-ring (bicyclic) bond motifs is 1. The molecule has 3 N–H and O–H groups in total. The molecule has 9 heteroatoms. The topological polar surface area (TPSA) is 99.6 Å². The summed E-state index contributed by atoms with van der Waals surface area (Å²) < 4.78 is 20.1. The van der Waals surface area contributed by atoms with Gasteiger partial charge in [-0.15, -0.1) is 0 Å². The summed E-state index contributed by atoms with van der Waals surface area (Å²) in [6.07, 6.45) is 4.95. The molecule has 1 saturated heterocycles. The molecule has 2 aromatic rings. The molecule has 1 aromatic carbocycles. The number of nitrogens with one attached hydrogen (secondary N) is 2. The molecule has 1 aliphatic carbocycles. The van der Waals surface area contributed by atoms with Gasteiger partial charge in [0.05, 0.1) is 37.2 Å². The standard InChI is InChI=1S/C25H32FN5O3/c1-14(2)20(21-24(3,4)18-9-16(26)7-8-19(18)34-21)30-23(32)29-17-10-27-22(28-11-17)31-12-25(33,13-31)15-5-6-15/h7-11,14-15,20-21,33H,5-6,12-13H2,1-4H3,(H2,29,30,32)/t20-,21?/m0/s1. The third-order valence-electron chi connectivity index (χ3n) is 7.39. The van der Waals surface area contributed by atoms with E-state index in [4.69, 9.17) is 4.74 Å². The summed E-state index contributed by atoms with van der Waals surface area (Å²) in [5, 5.41) is 16.3. The van der Waals surface area contributed by atoms with Crippen molar-refractivity contribution in [2.24, 2.45) is 11.8 Å². The number of aromatic nitrogens is 2. The highest BCUT2D eigenvalue weighted by Crippen LogP contribution is 2.46. The van der Waals surface area contributed by atoms with E-state index in [9.17, 15) is 14.3 Å². The highest BCUT2D eigenvalue weighted by Gasteiger charge is 2.52. The maximum absolute atomic E-state index is 13.9. The van der Waals surface area contributed by atoms with Gasteiger partial charge < -0.3 is 25.4 Å². The summed E-state index contributed by atoms with van der Waals surface area (Å²) in [6, 6.07) is 3.84. The minimum atomic E-state index is -0.604. The van der Waals surface area contributed by atoms with Crippen molar-refractivity contribution < 1.29 is 19.0 Å². The third kappa shape index (κ3) is 4.06. The molecule has 2 atom stereocenters. The molecule has 0 bridgehead atoms. The van der Waals surface area contributed by atoms with Gasteiger partial charge in [-0.25, -0.2) is 19.2 Å². The molecule has 1 saturated carbocycles. The van der Waals surface area contributed by atoms with Crippen molar-refractivity contribution in [1.29, 1.82) is 0 Å². The van der Waals surface area contributed by atoms with Crippen LogP contribution in [0.15, 0.2) is 30.6 Å². The molecule has 182 valence electrons. The van der Waals surface area contributed by atoms with Crippen molar-refractivity contribution in [3.8, 4) is 5.75 Å². The van der Waals surface area contributed by atoms with Gasteiger partial charge in [0.2, 0.25) is 5.95 Å². The minimum absolute atomic E-state index is 0.0736. The van der Waals surface area contributed by atoms with Gasteiger partial charge in [-0.3, -0.25) is 0 Å². The number of carbonyl (C=O) groups excluding carboxylic acids is 1. The Kier molecular flexibility index (Phi) is 5.42. The van der Waals surface area contributed by atoms with Gasteiger partial charge in [0.1, 0.15) is 23.3 Å². The van der Waals surface area contributed by atoms with E-state index in [0.717, 1.165) is 18.4 Å². The van der Waals surface area contributed by atoms with Crippen LogP contribution in [0.4, 0.5) is 20.8 Å². The first kappa shape index (κ1) is 22.8. The van der Waals surface area contributed by atoms with Gasteiger partial charge in [-0.05, 0) is 42.9 Å². The molecule has 8 nitrogen and oxygen atoms in total. The van der Waals surface area contributed by atoms with Crippen LogP contribution in [-0.2, 0) is 5.41 Å². The van der Waals surface area contributed by atoms with Gasteiger partial charge in [0.25, 0.3) is 0 Å². The van der Waals surface area contributed by atoms with Crippen molar-refractivity contribution in [2.75, 3.05) is 23.3 Å². The third-order valence-corrected chi connectivity index (χ3v) is 7.39. The first-order valence-electron chi connectivity index (χ1n) is 11.9. The zero-order valence-electron chi connectivity index (χ0n) is 20.0. The first-order chi connectivity index (χ1) is 16.1. The van der Waals surface area contributed by atoms with E-state index in [2.05, 4.69) is 20.6 Å². The van der Waals surface area contributed by atoms with Crippen LogP contribution >= 0.6 is 0 Å². The van der Waals surface area contributed by atoms with Gasteiger partial charge in [0.15, 0.2) is 0 Å². The van der Waals surface area contributed by atoms with Crippen LogP contribution in [0.2, 0.25) is 0 Å². The Hall–Kier alpha value is -2.94. The Labute approximate surface area is 198 Å². The van der Waals surface area contributed by atoms with Crippen molar-refractivity contribution in [2.45, 2.75) is 63.7 Å². The molecule has 1 aromatic heterocycles. The number of urea groups is 1. The fourth-order valence-electron chi connectivity index (χ4n) is 5.16. The molecule has 1 unspecified atom stereocenters. The number of hydrogen-bond acceptors (Lipinski definition) is 6. The molecule has 0 radical (unpaired) electrons. The van der Waals surface area contributed by atoms with Crippen LogP contribution in [0.25, 0.3) is 0 Å². The Balaban J connectivity index is 1.22. The summed E-state index contributed by atoms with van der Waals surface area (Å²) in [5.74, 6) is 1.37. The molecular formula is C25H32FN5O3. The average molecular weight is 470 g/mol. The van der Waals surface area contributed by atoms with Crippen molar-refractivity contribution in [3.05, 3.63) is 42.0 Å². The number of anilines is 2. The number of amides is 2. The predicted molar refractivity (Wildman–Crippen MR) is 127 cm³/mol. The highest BCUT2D eigenvalue weighted by molar-refractivity contribution is 5.89. The number of nitrogens with zero attached hydrogens (tertiary/aromatic N) is 3. The van der Waals surface area contributed by atoms with Crippen LogP contribution in [-0.4, -0.2) is 51.9 Å². The van der Waals surface area contributed by atoms with Crippen molar-refractivity contribution in [1.82, 2.24) is 15.3 Å². The zero-order valence-corrected chi connectivity index (χ0v) is 20.0. The molecule has 3 aliphatic rings. The molecule has 2 aliphatic heterocycles. The first-order valence-corrected chi connectivity index (χ1v) is 11.9. The Morgan fingerprint density at radius 2 is 1.91 bits per heavy atom. The lowest BCUT2D eigenvalue weighted by molar-refractivity contribution is -0.0102. The number of benzene rings is 1. The Bertz CT molecular complexity index is 1080. The monoisotopic (exact) mass is 469 g/mol. The Morgan fingerprint density at radius 3 is 2.53 bits per heavy atom. The quantitative estimate of drug-likeness (QED) is 0.599. The summed E-state index contributed by atoms with van der Waals surface area (Å²) >= 11 is 0. The van der Waals surface area contributed by atoms with Crippen LogP contribution in [0.3, 0.4) is 0 Å². The normalized spacial score (nSPS) is 23.0. The number of halogens is 1. The Morgan fingerprint density at radius 1 is 1.24 bits per heavy atom. The fourth-order valence-corrected chi connectivity index (χ4v) is 5.16. The maximum Gasteiger partial charge on any atom is 0.319 e. The van der Waals surface area contributed by atoms with Gasteiger partial charge in [-0.2, -0.15) is 0 Å². The van der Waals surface area contributed by atoms with E-state index in [1.165, 1.54) is 12.1 Å². The lowest BCUT2D eigenvalue weighted by Gasteiger charge is -2.46. The van der Waals surface area contributed by atoms with Crippen molar-refractivity contribution >= 4 is 17.7 Å². The minimum Gasteiger partial charge on any atom is -0.487 e. The summed E-state index contributed by atoms with van der Waals surface area (Å²) in [6.45, 7) is 9.13. The molecule has 34 heavy (non-hydrogen) atoms. The highest BCUT2D eigenvalue weighted by atomic mass is 19.1. The zero-order chi connectivity index (χ0) is 24.3. The second-order valence-electron chi connectivity index (χ2n) is 10.8. The second-order valence-corrected chi connectivity index (χ2v) is 10.8. The maximum atomic E-state index is 13.9. The summed E-state index contributed by atoms with van der Waals surface area (Å²) in [4.78, 5) is 23.5. The lowest BCUT2D eigenvalue weighted by atomic mass is 9.76. The number of aliphatic hydroxyl groups is 1. The van der Waals surface area contributed by atoms with Gasteiger partial charge in [-0.1, -0.05) is 27.7 Å². The van der Waals surface area contributed by atoms with E-state index in [0.29, 0.717) is 36.4 Å². The largest absolute Gasteiger partial charge is 0.487 e. The number of β-amino-alcohol motifs (C(OH)–C–C–N with tert-alkyl or cyclic N) is 1. The van der Waals surface area contributed by atoms with Crippen LogP contribution in [0.5, 0.6) is 5.75 Å². The molecular weight excluding hydrogens is 437 g/mol. The van der Waals surface area contributed by atoms with E-state index in [1.54, 1.807) is 18.5 Å². The molecule has 2 fully saturated rings.